The van der Waals surface area contributed by atoms with E-state index in [9.17, 15) is 8.42 Å². The minimum atomic E-state index is -3.58. The number of hydrogen-bond donors (Lipinski definition) is 1. The van der Waals surface area contributed by atoms with Crippen molar-refractivity contribution in [2.24, 2.45) is 0 Å². The molecule has 0 heterocycles. The zero-order chi connectivity index (χ0) is 14.6. The Bertz CT molecular complexity index is 682. The standard InChI is InChI=1S/C14H16BrNO3S/c1-19-10-12(9-15)16-20(17,18)14-8-4-6-11-5-2-3-7-13(11)14/h2-8,12,16H,9-10H2,1H3. The lowest BCUT2D eigenvalue weighted by Gasteiger charge is -2.16. The van der Waals surface area contributed by atoms with Gasteiger partial charge in [0.15, 0.2) is 0 Å². The van der Waals surface area contributed by atoms with E-state index in [1.807, 2.05) is 30.3 Å². The molecule has 0 saturated carbocycles. The molecule has 0 fully saturated rings. The van der Waals surface area contributed by atoms with Gasteiger partial charge < -0.3 is 4.74 Å². The van der Waals surface area contributed by atoms with Crippen molar-refractivity contribution in [3.05, 3.63) is 42.5 Å². The predicted octanol–water partition coefficient (Wildman–Crippen LogP) is 2.53. The van der Waals surface area contributed by atoms with Crippen LogP contribution in [0, 0.1) is 0 Å². The highest BCUT2D eigenvalue weighted by Crippen LogP contribution is 2.22. The Hall–Kier alpha value is -0.950. The van der Waals surface area contributed by atoms with Crippen LogP contribution in [0.2, 0.25) is 0 Å². The van der Waals surface area contributed by atoms with E-state index >= 15 is 0 Å². The number of alkyl halides is 1. The van der Waals surface area contributed by atoms with Gasteiger partial charge in [-0.2, -0.15) is 0 Å². The molecule has 0 bridgehead atoms. The summed E-state index contributed by atoms with van der Waals surface area (Å²) in [6.45, 7) is 0.315. The summed E-state index contributed by atoms with van der Waals surface area (Å²) in [7, 11) is -2.04. The zero-order valence-electron chi connectivity index (χ0n) is 11.0. The third kappa shape index (κ3) is 3.38. The second kappa shape index (κ2) is 6.67. The summed E-state index contributed by atoms with van der Waals surface area (Å²) in [5.41, 5.74) is 0. The van der Waals surface area contributed by atoms with Gasteiger partial charge in [0.25, 0.3) is 0 Å². The molecule has 6 heteroatoms. The maximum Gasteiger partial charge on any atom is 0.241 e. The quantitative estimate of drug-likeness (QED) is 0.808. The lowest BCUT2D eigenvalue weighted by Crippen LogP contribution is -2.39. The number of nitrogens with one attached hydrogen (secondary N) is 1. The first-order valence-electron chi connectivity index (χ1n) is 6.13. The largest absolute Gasteiger partial charge is 0.383 e. The normalized spacial score (nSPS) is 13.5. The van der Waals surface area contributed by atoms with Crippen LogP contribution in [-0.2, 0) is 14.8 Å². The van der Waals surface area contributed by atoms with E-state index in [2.05, 4.69) is 20.7 Å². The molecule has 20 heavy (non-hydrogen) atoms. The van der Waals surface area contributed by atoms with Crippen LogP contribution in [0.1, 0.15) is 0 Å². The first kappa shape index (κ1) is 15.4. The Labute approximate surface area is 127 Å². The van der Waals surface area contributed by atoms with Crippen molar-refractivity contribution in [1.82, 2.24) is 4.72 Å². The number of fused-ring (bicyclic) bond motifs is 1. The monoisotopic (exact) mass is 357 g/mol. The smallest absolute Gasteiger partial charge is 0.241 e. The lowest BCUT2D eigenvalue weighted by atomic mass is 10.1. The zero-order valence-corrected chi connectivity index (χ0v) is 13.4. The SMILES string of the molecule is COCC(CBr)NS(=O)(=O)c1cccc2ccccc12. The molecule has 1 unspecified atom stereocenters. The van der Waals surface area contributed by atoms with Crippen molar-refractivity contribution >= 4 is 36.7 Å². The summed E-state index contributed by atoms with van der Waals surface area (Å²) in [4.78, 5) is 0.289. The van der Waals surface area contributed by atoms with Gasteiger partial charge in [0.2, 0.25) is 10.0 Å². The topological polar surface area (TPSA) is 55.4 Å². The molecule has 0 spiro atoms. The Morgan fingerprint density at radius 2 is 1.90 bits per heavy atom. The van der Waals surface area contributed by atoms with Crippen LogP contribution in [0.3, 0.4) is 0 Å². The molecule has 2 rings (SSSR count). The first-order chi connectivity index (χ1) is 9.58. The molecule has 108 valence electrons. The third-order valence-electron chi connectivity index (χ3n) is 2.92. The Morgan fingerprint density at radius 3 is 2.60 bits per heavy atom. The molecule has 0 aliphatic rings. The molecule has 1 atom stereocenters. The van der Waals surface area contributed by atoms with Crippen molar-refractivity contribution in [3.63, 3.8) is 0 Å². The number of sulfonamides is 1. The fourth-order valence-electron chi connectivity index (χ4n) is 2.02. The van der Waals surface area contributed by atoms with Gasteiger partial charge in [-0.05, 0) is 11.5 Å². The average Bonchev–Trinajstić information content (AvgIpc) is 2.46. The Kier molecular flexibility index (Phi) is 5.15. The van der Waals surface area contributed by atoms with Crippen LogP contribution < -0.4 is 4.72 Å². The Balaban J connectivity index is 2.41. The van der Waals surface area contributed by atoms with Gasteiger partial charge in [-0.1, -0.05) is 52.3 Å². The van der Waals surface area contributed by atoms with Crippen molar-refractivity contribution in [1.29, 1.82) is 0 Å². The van der Waals surface area contributed by atoms with Crippen LogP contribution in [0.15, 0.2) is 47.4 Å². The molecule has 0 radical (unpaired) electrons. The second-order valence-electron chi connectivity index (χ2n) is 4.41. The fraction of sp³-hybridized carbons (Fsp3) is 0.286. The summed E-state index contributed by atoms with van der Waals surface area (Å²) >= 11 is 3.28. The molecule has 0 aliphatic carbocycles. The number of methoxy groups -OCH3 is 1. The lowest BCUT2D eigenvalue weighted by molar-refractivity contribution is 0.182. The van der Waals surface area contributed by atoms with Crippen LogP contribution >= 0.6 is 15.9 Å². The minimum absolute atomic E-state index is 0.289. The first-order valence-corrected chi connectivity index (χ1v) is 8.74. The summed E-state index contributed by atoms with van der Waals surface area (Å²) in [5, 5.41) is 2.11. The van der Waals surface area contributed by atoms with Gasteiger partial charge in [0, 0.05) is 17.8 Å². The van der Waals surface area contributed by atoms with E-state index < -0.39 is 10.0 Å². The molecule has 0 saturated heterocycles. The average molecular weight is 358 g/mol. The van der Waals surface area contributed by atoms with Gasteiger partial charge >= 0.3 is 0 Å². The fourth-order valence-corrected chi connectivity index (χ4v) is 4.04. The molecule has 0 amide bonds. The highest BCUT2D eigenvalue weighted by molar-refractivity contribution is 9.09. The number of hydrogen-bond acceptors (Lipinski definition) is 3. The van der Waals surface area contributed by atoms with Crippen LogP contribution in [0.4, 0.5) is 0 Å². The molecule has 2 aromatic rings. The molecular formula is C14H16BrNO3S. The van der Waals surface area contributed by atoms with Crippen LogP contribution in [0.25, 0.3) is 10.8 Å². The maximum atomic E-state index is 12.5. The van der Waals surface area contributed by atoms with Gasteiger partial charge in [0.1, 0.15) is 0 Å². The number of halogens is 1. The van der Waals surface area contributed by atoms with E-state index in [0.717, 1.165) is 5.39 Å². The highest BCUT2D eigenvalue weighted by Gasteiger charge is 2.21. The maximum absolute atomic E-state index is 12.5. The molecule has 0 aliphatic heterocycles. The molecule has 2 aromatic carbocycles. The highest BCUT2D eigenvalue weighted by atomic mass is 79.9. The van der Waals surface area contributed by atoms with Crippen molar-refractivity contribution < 1.29 is 13.2 Å². The van der Waals surface area contributed by atoms with Gasteiger partial charge in [-0.25, -0.2) is 13.1 Å². The van der Waals surface area contributed by atoms with E-state index in [0.29, 0.717) is 17.3 Å². The summed E-state index contributed by atoms with van der Waals surface area (Å²) < 4.78 is 32.7. The van der Waals surface area contributed by atoms with E-state index in [4.69, 9.17) is 4.74 Å². The second-order valence-corrected chi connectivity index (χ2v) is 6.74. The van der Waals surface area contributed by atoms with Gasteiger partial charge in [-0.15, -0.1) is 0 Å². The Morgan fingerprint density at radius 1 is 1.20 bits per heavy atom. The summed E-state index contributed by atoms with van der Waals surface area (Å²) in [5.74, 6) is 0. The number of benzene rings is 2. The summed E-state index contributed by atoms with van der Waals surface area (Å²) in [6, 6.07) is 12.4. The van der Waals surface area contributed by atoms with Crippen molar-refractivity contribution in [3.8, 4) is 0 Å². The van der Waals surface area contributed by atoms with Crippen LogP contribution in [-0.4, -0.2) is 33.5 Å². The van der Waals surface area contributed by atoms with Crippen molar-refractivity contribution in [2.75, 3.05) is 19.0 Å². The minimum Gasteiger partial charge on any atom is -0.383 e. The van der Waals surface area contributed by atoms with E-state index in [1.54, 1.807) is 19.2 Å². The summed E-state index contributed by atoms with van der Waals surface area (Å²) in [6.07, 6.45) is 0. The van der Waals surface area contributed by atoms with Gasteiger partial charge in [0.05, 0.1) is 17.5 Å². The molecular weight excluding hydrogens is 342 g/mol. The van der Waals surface area contributed by atoms with Gasteiger partial charge in [-0.3, -0.25) is 0 Å². The van der Waals surface area contributed by atoms with Crippen LogP contribution in [0.5, 0.6) is 0 Å². The van der Waals surface area contributed by atoms with E-state index in [1.165, 1.54) is 0 Å². The molecule has 4 nitrogen and oxygen atoms in total. The van der Waals surface area contributed by atoms with Crippen molar-refractivity contribution in [2.45, 2.75) is 10.9 Å². The predicted molar refractivity (Wildman–Crippen MR) is 83.7 cm³/mol. The molecule has 1 N–H and O–H groups in total. The number of rotatable bonds is 6. The molecule has 0 aromatic heterocycles. The third-order valence-corrected chi connectivity index (χ3v) is 5.28. The van der Waals surface area contributed by atoms with E-state index in [-0.39, 0.29) is 10.9 Å². The number of ether oxygens (including phenoxy) is 1.